The molecule has 0 fully saturated rings. The molecule has 0 bridgehead atoms. The fourth-order valence-corrected chi connectivity index (χ4v) is 1.39. The molecule has 0 aliphatic carbocycles. The van der Waals surface area contributed by atoms with E-state index in [1.54, 1.807) is 12.1 Å². The second-order valence-corrected chi connectivity index (χ2v) is 4.11. The van der Waals surface area contributed by atoms with Crippen molar-refractivity contribution in [3.8, 4) is 11.6 Å². The van der Waals surface area contributed by atoms with E-state index in [1.807, 2.05) is 0 Å². The van der Waals surface area contributed by atoms with Gasteiger partial charge in [0.25, 0.3) is 0 Å². The molecule has 0 aliphatic rings. The molecule has 0 amide bonds. The van der Waals surface area contributed by atoms with Crippen LogP contribution in [-0.2, 0) is 6.18 Å². The molecule has 2 aromatic heterocycles. The molecule has 0 saturated carbocycles. The molecule has 0 unspecified atom stereocenters. The predicted molar refractivity (Wildman–Crippen MR) is 61.3 cm³/mol. The van der Waals surface area contributed by atoms with Gasteiger partial charge in [0.1, 0.15) is 10.4 Å². The second kappa shape index (κ2) is 4.93. The second-order valence-electron chi connectivity index (χ2n) is 3.30. The molecule has 0 aliphatic heterocycles. The Balaban J connectivity index is 2.13. The highest BCUT2D eigenvalue weighted by Gasteiger charge is 2.30. The van der Waals surface area contributed by atoms with E-state index in [2.05, 4.69) is 25.9 Å². The van der Waals surface area contributed by atoms with Gasteiger partial charge in [-0.2, -0.15) is 13.2 Å². The van der Waals surface area contributed by atoms with Crippen molar-refractivity contribution in [2.24, 2.45) is 0 Å². The minimum atomic E-state index is -4.40. The quantitative estimate of drug-likeness (QED) is 0.783. The summed E-state index contributed by atoms with van der Waals surface area (Å²) in [6, 6.07) is 5.34. The molecule has 18 heavy (non-hydrogen) atoms. The Hall–Kier alpha value is -1.63. The van der Waals surface area contributed by atoms with Crippen molar-refractivity contribution in [1.29, 1.82) is 0 Å². The number of ether oxygens (including phenoxy) is 1. The van der Waals surface area contributed by atoms with Crippen LogP contribution >= 0.6 is 15.9 Å². The highest BCUT2D eigenvalue weighted by molar-refractivity contribution is 9.10. The molecule has 0 saturated heterocycles. The molecular weight excluding hydrogens is 313 g/mol. The smallest absolute Gasteiger partial charge is 0.417 e. The van der Waals surface area contributed by atoms with Crippen LogP contribution in [0.5, 0.6) is 11.6 Å². The number of aromatic nitrogens is 2. The van der Waals surface area contributed by atoms with Crippen LogP contribution in [0.4, 0.5) is 13.2 Å². The first-order valence-corrected chi connectivity index (χ1v) is 5.57. The van der Waals surface area contributed by atoms with Gasteiger partial charge in [-0.25, -0.2) is 9.97 Å². The van der Waals surface area contributed by atoms with Gasteiger partial charge in [0.2, 0.25) is 5.88 Å². The van der Waals surface area contributed by atoms with Crippen LogP contribution < -0.4 is 4.74 Å². The Morgan fingerprint density at radius 3 is 2.28 bits per heavy atom. The Bertz CT molecular complexity index is 525. The number of rotatable bonds is 2. The van der Waals surface area contributed by atoms with Gasteiger partial charge >= 0.3 is 6.18 Å². The molecule has 0 N–H and O–H groups in total. The maximum Gasteiger partial charge on any atom is 0.417 e. The van der Waals surface area contributed by atoms with E-state index in [0.717, 1.165) is 18.3 Å². The zero-order chi connectivity index (χ0) is 13.2. The molecule has 0 aromatic carbocycles. The summed E-state index contributed by atoms with van der Waals surface area (Å²) in [7, 11) is 0. The lowest BCUT2D eigenvalue weighted by Crippen LogP contribution is -2.05. The molecule has 2 aromatic rings. The van der Waals surface area contributed by atoms with Crippen molar-refractivity contribution in [2.75, 3.05) is 0 Å². The average molecular weight is 319 g/mol. The Morgan fingerprint density at radius 2 is 1.78 bits per heavy atom. The van der Waals surface area contributed by atoms with Gasteiger partial charge in [-0.05, 0) is 34.1 Å². The van der Waals surface area contributed by atoms with Gasteiger partial charge < -0.3 is 4.74 Å². The van der Waals surface area contributed by atoms with Gasteiger partial charge in [0.05, 0.1) is 11.8 Å². The van der Waals surface area contributed by atoms with Gasteiger partial charge in [0, 0.05) is 12.3 Å². The van der Waals surface area contributed by atoms with Crippen LogP contribution in [0.15, 0.2) is 41.3 Å². The monoisotopic (exact) mass is 318 g/mol. The summed E-state index contributed by atoms with van der Waals surface area (Å²) in [5.74, 6) is 0.470. The first kappa shape index (κ1) is 12.8. The minimum absolute atomic E-state index is 0.0760. The van der Waals surface area contributed by atoms with Gasteiger partial charge in [0.15, 0.2) is 0 Å². The van der Waals surface area contributed by atoms with Crippen LogP contribution in [-0.4, -0.2) is 9.97 Å². The van der Waals surface area contributed by atoms with Crippen molar-refractivity contribution in [2.45, 2.75) is 6.18 Å². The lowest BCUT2D eigenvalue weighted by molar-refractivity contribution is -0.137. The molecule has 7 heteroatoms. The first-order chi connectivity index (χ1) is 8.45. The number of alkyl halides is 3. The number of pyridine rings is 2. The summed E-state index contributed by atoms with van der Waals surface area (Å²) in [5.41, 5.74) is -0.816. The number of nitrogens with zero attached hydrogens (tertiary/aromatic N) is 2. The molecule has 0 atom stereocenters. The largest absolute Gasteiger partial charge is 0.437 e. The van der Waals surface area contributed by atoms with Crippen molar-refractivity contribution in [3.63, 3.8) is 0 Å². The van der Waals surface area contributed by atoms with Crippen LogP contribution in [0.2, 0.25) is 0 Å². The maximum absolute atomic E-state index is 12.3. The minimum Gasteiger partial charge on any atom is -0.437 e. The van der Waals surface area contributed by atoms with Gasteiger partial charge in [-0.1, -0.05) is 0 Å². The topological polar surface area (TPSA) is 35.0 Å². The van der Waals surface area contributed by atoms with Crippen molar-refractivity contribution in [1.82, 2.24) is 9.97 Å². The molecule has 94 valence electrons. The third-order valence-corrected chi connectivity index (χ3v) is 2.46. The van der Waals surface area contributed by atoms with Crippen molar-refractivity contribution < 1.29 is 17.9 Å². The summed E-state index contributed by atoms with van der Waals surface area (Å²) in [5, 5.41) is 0. The molecule has 2 heterocycles. The molecule has 0 spiro atoms. The van der Waals surface area contributed by atoms with Crippen molar-refractivity contribution >= 4 is 15.9 Å². The summed E-state index contributed by atoms with van der Waals surface area (Å²) in [4.78, 5) is 7.50. The van der Waals surface area contributed by atoms with Crippen molar-refractivity contribution in [3.05, 3.63) is 46.8 Å². The number of hydrogen-bond donors (Lipinski definition) is 0. The SMILES string of the molecule is FC(F)(F)c1ccc(Oc2ccc(Br)nc2)nc1. The Labute approximate surface area is 109 Å². The zero-order valence-corrected chi connectivity index (χ0v) is 10.4. The molecule has 0 radical (unpaired) electrons. The summed E-state index contributed by atoms with van der Waals surface area (Å²) in [6.07, 6.45) is -2.24. The molecule has 2 rings (SSSR count). The first-order valence-electron chi connectivity index (χ1n) is 4.78. The zero-order valence-electron chi connectivity index (χ0n) is 8.78. The van der Waals surface area contributed by atoms with E-state index in [0.29, 0.717) is 10.4 Å². The van der Waals surface area contributed by atoms with E-state index in [-0.39, 0.29) is 5.88 Å². The van der Waals surface area contributed by atoms with E-state index < -0.39 is 11.7 Å². The summed E-state index contributed by atoms with van der Waals surface area (Å²) < 4.78 is 42.8. The lowest BCUT2D eigenvalue weighted by Gasteiger charge is -2.07. The van der Waals surface area contributed by atoms with Gasteiger partial charge in [-0.3, -0.25) is 0 Å². The predicted octanol–water partition coefficient (Wildman–Crippen LogP) is 4.05. The molecular formula is C11H6BrF3N2O. The summed E-state index contributed by atoms with van der Waals surface area (Å²) in [6.45, 7) is 0. The van der Waals surface area contributed by atoms with E-state index in [1.165, 1.54) is 6.20 Å². The molecule has 3 nitrogen and oxygen atoms in total. The average Bonchev–Trinajstić information content (AvgIpc) is 2.32. The lowest BCUT2D eigenvalue weighted by atomic mass is 10.3. The van der Waals surface area contributed by atoms with Crippen LogP contribution in [0, 0.1) is 0 Å². The fraction of sp³-hybridized carbons (Fsp3) is 0.0909. The number of halogens is 4. The Kier molecular flexibility index (Phi) is 3.51. The van der Waals surface area contributed by atoms with E-state index in [4.69, 9.17) is 4.74 Å². The van der Waals surface area contributed by atoms with Crippen LogP contribution in [0.25, 0.3) is 0 Å². The highest BCUT2D eigenvalue weighted by atomic mass is 79.9. The van der Waals surface area contributed by atoms with E-state index >= 15 is 0 Å². The number of hydrogen-bond acceptors (Lipinski definition) is 3. The normalized spacial score (nSPS) is 11.3. The fourth-order valence-electron chi connectivity index (χ4n) is 1.15. The van der Waals surface area contributed by atoms with Crippen LogP contribution in [0.1, 0.15) is 5.56 Å². The highest BCUT2D eigenvalue weighted by Crippen LogP contribution is 2.29. The van der Waals surface area contributed by atoms with Gasteiger partial charge in [-0.15, -0.1) is 0 Å². The van der Waals surface area contributed by atoms with Crippen LogP contribution in [0.3, 0.4) is 0 Å². The summed E-state index contributed by atoms with van der Waals surface area (Å²) >= 11 is 3.15. The third kappa shape index (κ3) is 3.19. The Morgan fingerprint density at radius 1 is 1.00 bits per heavy atom. The maximum atomic E-state index is 12.3. The standard InChI is InChI=1S/C11H6BrF3N2O/c12-9-3-2-8(6-16-9)18-10-4-1-7(5-17-10)11(13,14)15/h1-6H. The van der Waals surface area contributed by atoms with E-state index in [9.17, 15) is 13.2 Å². The third-order valence-electron chi connectivity index (χ3n) is 1.99.